The fraction of sp³-hybridized carbons (Fsp3) is 0.250. The Balaban J connectivity index is 1.56. The van der Waals surface area contributed by atoms with Gasteiger partial charge in [0.1, 0.15) is 5.65 Å². The molecular weight excluding hydrogens is 465 g/mol. The summed E-state index contributed by atoms with van der Waals surface area (Å²) in [6.07, 6.45) is 0.0597. The van der Waals surface area contributed by atoms with Gasteiger partial charge in [-0.3, -0.25) is 9.38 Å². The van der Waals surface area contributed by atoms with Crippen molar-refractivity contribution in [3.63, 3.8) is 0 Å². The van der Waals surface area contributed by atoms with Gasteiger partial charge in [-0.05, 0) is 31.2 Å². The van der Waals surface area contributed by atoms with Crippen LogP contribution in [0.1, 0.15) is 11.3 Å². The van der Waals surface area contributed by atoms with E-state index in [9.17, 15) is 21.6 Å². The van der Waals surface area contributed by atoms with E-state index in [4.69, 9.17) is 0 Å². The van der Waals surface area contributed by atoms with Gasteiger partial charge in [-0.2, -0.15) is 13.2 Å². The highest BCUT2D eigenvalue weighted by molar-refractivity contribution is 7.91. The lowest BCUT2D eigenvalue weighted by Crippen LogP contribution is -2.40. The first kappa shape index (κ1) is 22.4. The number of aromatic nitrogens is 3. The normalized spacial score (nSPS) is 16.2. The summed E-state index contributed by atoms with van der Waals surface area (Å²) in [5.74, 6) is 0.220. The molecule has 3 aromatic heterocycles. The van der Waals surface area contributed by atoms with Gasteiger partial charge in [-0.15, -0.1) is 0 Å². The SMILES string of the molecule is Cc1ccc(-c2cc(C(F)(F)F)c3ncc(-c4ccc(N5CCS(=O)(=O)CC5)cc4)n3c2)cn1. The van der Waals surface area contributed by atoms with Crippen molar-refractivity contribution in [2.75, 3.05) is 29.5 Å². The van der Waals surface area contributed by atoms with Crippen molar-refractivity contribution in [1.29, 1.82) is 0 Å². The Bertz CT molecular complexity index is 1450. The lowest BCUT2D eigenvalue weighted by molar-refractivity contribution is -0.136. The first-order chi connectivity index (χ1) is 16.1. The van der Waals surface area contributed by atoms with Crippen LogP contribution < -0.4 is 4.90 Å². The maximum Gasteiger partial charge on any atom is 0.420 e. The molecule has 0 N–H and O–H groups in total. The fourth-order valence-electron chi connectivity index (χ4n) is 4.12. The Kier molecular flexibility index (Phi) is 5.35. The van der Waals surface area contributed by atoms with Gasteiger partial charge in [0.15, 0.2) is 9.84 Å². The molecule has 0 saturated carbocycles. The molecule has 4 heterocycles. The van der Waals surface area contributed by atoms with Crippen LogP contribution in [-0.4, -0.2) is 47.4 Å². The number of nitrogens with zero attached hydrogens (tertiary/aromatic N) is 4. The molecule has 176 valence electrons. The van der Waals surface area contributed by atoms with Crippen LogP contribution in [0.3, 0.4) is 0 Å². The second-order valence-electron chi connectivity index (χ2n) is 8.35. The Morgan fingerprint density at radius 3 is 2.18 bits per heavy atom. The number of hydrogen-bond donors (Lipinski definition) is 0. The van der Waals surface area contributed by atoms with Crippen LogP contribution >= 0.6 is 0 Å². The highest BCUT2D eigenvalue weighted by Crippen LogP contribution is 2.37. The molecule has 1 aliphatic heterocycles. The summed E-state index contributed by atoms with van der Waals surface area (Å²) in [7, 11) is -2.99. The molecule has 0 spiro atoms. The molecule has 1 aromatic carbocycles. The molecule has 6 nitrogen and oxygen atoms in total. The quantitative estimate of drug-likeness (QED) is 0.423. The van der Waals surface area contributed by atoms with Gasteiger partial charge in [0.2, 0.25) is 0 Å². The number of aryl methyl sites for hydroxylation is 1. The minimum absolute atomic E-state index is 0.110. The summed E-state index contributed by atoms with van der Waals surface area (Å²) >= 11 is 0. The van der Waals surface area contributed by atoms with E-state index >= 15 is 0 Å². The van der Waals surface area contributed by atoms with E-state index in [0.717, 1.165) is 17.4 Å². The predicted octanol–water partition coefficient (Wildman–Crippen LogP) is 4.63. The molecular formula is C24H21F3N4O2S. The van der Waals surface area contributed by atoms with Crippen LogP contribution in [0.15, 0.2) is 61.1 Å². The van der Waals surface area contributed by atoms with Crippen molar-refractivity contribution in [2.24, 2.45) is 0 Å². The van der Waals surface area contributed by atoms with Gasteiger partial charge >= 0.3 is 6.18 Å². The maximum absolute atomic E-state index is 13.9. The number of benzene rings is 1. The summed E-state index contributed by atoms with van der Waals surface area (Å²) in [5, 5.41) is 0. The molecule has 1 saturated heterocycles. The Labute approximate surface area is 194 Å². The first-order valence-corrected chi connectivity index (χ1v) is 12.5. The fourth-order valence-corrected chi connectivity index (χ4v) is 5.32. The number of halogens is 3. The minimum atomic E-state index is -4.57. The zero-order valence-electron chi connectivity index (χ0n) is 18.2. The third-order valence-corrected chi connectivity index (χ3v) is 7.64. The number of alkyl halides is 3. The zero-order valence-corrected chi connectivity index (χ0v) is 19.1. The molecule has 0 amide bonds. The van der Waals surface area contributed by atoms with Crippen molar-refractivity contribution < 1.29 is 21.6 Å². The second-order valence-corrected chi connectivity index (χ2v) is 10.7. The van der Waals surface area contributed by atoms with Crippen LogP contribution in [0, 0.1) is 6.92 Å². The summed E-state index contributed by atoms with van der Waals surface area (Å²) in [5.41, 5.74) is 2.85. The van der Waals surface area contributed by atoms with Crippen LogP contribution in [0.5, 0.6) is 0 Å². The summed E-state index contributed by atoms with van der Waals surface area (Å²) in [6, 6.07) is 11.9. The summed E-state index contributed by atoms with van der Waals surface area (Å²) in [4.78, 5) is 10.3. The van der Waals surface area contributed by atoms with Gasteiger partial charge in [0, 0.05) is 53.6 Å². The molecule has 0 aliphatic carbocycles. The Morgan fingerprint density at radius 2 is 1.56 bits per heavy atom. The standard InChI is InChI=1S/C24H21F3N4O2S/c1-16-2-3-18(13-28-16)19-12-21(24(25,26)27)23-29-14-22(31(23)15-19)17-4-6-20(7-5-17)30-8-10-34(32,33)11-9-30/h2-7,12-15H,8-11H2,1H3. The first-order valence-electron chi connectivity index (χ1n) is 10.7. The second kappa shape index (κ2) is 8.12. The predicted molar refractivity (Wildman–Crippen MR) is 124 cm³/mol. The van der Waals surface area contributed by atoms with Crippen molar-refractivity contribution in [3.05, 3.63) is 72.3 Å². The van der Waals surface area contributed by atoms with Crippen molar-refractivity contribution in [2.45, 2.75) is 13.1 Å². The smallest absolute Gasteiger partial charge is 0.369 e. The summed E-state index contributed by atoms with van der Waals surface area (Å²) in [6.45, 7) is 2.65. The number of pyridine rings is 2. The Morgan fingerprint density at radius 1 is 0.882 bits per heavy atom. The van der Waals surface area contributed by atoms with Gasteiger partial charge in [0.25, 0.3) is 0 Å². The van der Waals surface area contributed by atoms with E-state index in [2.05, 4.69) is 9.97 Å². The van der Waals surface area contributed by atoms with Crippen molar-refractivity contribution in [3.8, 4) is 22.4 Å². The molecule has 1 fully saturated rings. The topological polar surface area (TPSA) is 67.6 Å². The number of fused-ring (bicyclic) bond motifs is 1. The van der Waals surface area contributed by atoms with E-state index in [1.807, 2.05) is 36.1 Å². The molecule has 1 aliphatic rings. The van der Waals surface area contributed by atoms with Gasteiger partial charge in [-0.1, -0.05) is 18.2 Å². The third-order valence-electron chi connectivity index (χ3n) is 6.03. The molecule has 0 unspecified atom stereocenters. The van der Waals surface area contributed by atoms with E-state index in [1.165, 1.54) is 10.6 Å². The molecule has 5 rings (SSSR count). The van der Waals surface area contributed by atoms with Gasteiger partial charge < -0.3 is 4.90 Å². The lowest BCUT2D eigenvalue weighted by Gasteiger charge is -2.28. The van der Waals surface area contributed by atoms with Crippen LogP contribution in [0.2, 0.25) is 0 Å². The molecule has 34 heavy (non-hydrogen) atoms. The number of rotatable bonds is 3. The highest BCUT2D eigenvalue weighted by atomic mass is 32.2. The maximum atomic E-state index is 13.9. The number of sulfone groups is 1. The highest BCUT2D eigenvalue weighted by Gasteiger charge is 2.35. The van der Waals surface area contributed by atoms with Gasteiger partial charge in [0.05, 0.1) is 29.0 Å². The van der Waals surface area contributed by atoms with Crippen LogP contribution in [-0.2, 0) is 16.0 Å². The molecule has 0 radical (unpaired) electrons. The van der Waals surface area contributed by atoms with Crippen LogP contribution in [0.4, 0.5) is 18.9 Å². The molecule has 0 atom stereocenters. The minimum Gasteiger partial charge on any atom is -0.369 e. The van der Waals surface area contributed by atoms with Crippen LogP contribution in [0.25, 0.3) is 28.0 Å². The van der Waals surface area contributed by atoms with Crippen molar-refractivity contribution >= 4 is 21.2 Å². The molecule has 0 bridgehead atoms. The number of imidazole rings is 1. The zero-order chi connectivity index (χ0) is 24.1. The van der Waals surface area contributed by atoms with Crippen molar-refractivity contribution in [1.82, 2.24) is 14.4 Å². The third kappa shape index (κ3) is 4.25. The van der Waals surface area contributed by atoms with E-state index < -0.39 is 21.6 Å². The largest absolute Gasteiger partial charge is 0.420 e. The Hall–Kier alpha value is -3.40. The average molecular weight is 487 g/mol. The van der Waals surface area contributed by atoms with Gasteiger partial charge in [-0.25, -0.2) is 13.4 Å². The summed E-state index contributed by atoms with van der Waals surface area (Å²) < 4.78 is 66.5. The van der Waals surface area contributed by atoms with E-state index in [1.54, 1.807) is 24.5 Å². The average Bonchev–Trinajstić information content (AvgIpc) is 3.22. The van der Waals surface area contributed by atoms with E-state index in [0.29, 0.717) is 35.5 Å². The number of anilines is 1. The molecule has 4 aromatic rings. The monoisotopic (exact) mass is 486 g/mol. The molecule has 10 heteroatoms. The van der Waals surface area contributed by atoms with E-state index in [-0.39, 0.29) is 17.2 Å². The lowest BCUT2D eigenvalue weighted by atomic mass is 10.1. The number of hydrogen-bond acceptors (Lipinski definition) is 5.